The van der Waals surface area contributed by atoms with Gasteiger partial charge in [-0.2, -0.15) is 14.6 Å². The van der Waals surface area contributed by atoms with E-state index in [-0.39, 0.29) is 0 Å². The molecule has 0 aliphatic carbocycles. The van der Waals surface area contributed by atoms with E-state index in [1.807, 2.05) is 29.8 Å². The normalized spacial score (nSPS) is 11.0. The van der Waals surface area contributed by atoms with Crippen LogP contribution in [0.4, 0.5) is 5.82 Å². The molecule has 6 nitrogen and oxygen atoms in total. The minimum atomic E-state index is 0.604. The van der Waals surface area contributed by atoms with Crippen molar-refractivity contribution in [3.8, 4) is 11.3 Å². The first kappa shape index (κ1) is 14.8. The van der Waals surface area contributed by atoms with Crippen LogP contribution in [0.2, 0.25) is 0 Å². The quantitative estimate of drug-likeness (QED) is 0.561. The maximum Gasteiger partial charge on any atom is 0.254 e. The maximum absolute atomic E-state index is 4.61. The van der Waals surface area contributed by atoms with Gasteiger partial charge in [-0.15, -0.1) is 11.3 Å². The number of aromatic nitrogens is 5. The average Bonchev–Trinajstić information content (AvgIpc) is 3.31. The van der Waals surface area contributed by atoms with Crippen LogP contribution in [-0.2, 0) is 6.42 Å². The van der Waals surface area contributed by atoms with Gasteiger partial charge >= 0.3 is 0 Å². The zero-order chi connectivity index (χ0) is 16.4. The lowest BCUT2D eigenvalue weighted by Crippen LogP contribution is -2.23. The zero-order valence-corrected chi connectivity index (χ0v) is 14.0. The molecule has 3 aromatic heterocycles. The smallest absolute Gasteiger partial charge is 0.254 e. The number of likely N-dealkylation sites (N-methyl/N-ethyl adjacent to an activating group) is 1. The Hall–Kier alpha value is -2.80. The highest BCUT2D eigenvalue weighted by atomic mass is 32.1. The number of rotatable bonds is 5. The molecule has 4 rings (SSSR count). The molecule has 24 heavy (non-hydrogen) atoms. The van der Waals surface area contributed by atoms with E-state index in [9.17, 15) is 0 Å². The molecule has 0 aliphatic rings. The molecule has 0 amide bonds. The summed E-state index contributed by atoms with van der Waals surface area (Å²) in [5.74, 6) is 1.57. The lowest BCUT2D eigenvalue weighted by molar-refractivity contribution is 0.812. The molecule has 120 valence electrons. The first-order valence-electron chi connectivity index (χ1n) is 7.67. The van der Waals surface area contributed by atoms with Gasteiger partial charge in [-0.25, -0.2) is 9.97 Å². The predicted octanol–water partition coefficient (Wildman–Crippen LogP) is 2.93. The van der Waals surface area contributed by atoms with Gasteiger partial charge in [0, 0.05) is 43.2 Å². The van der Waals surface area contributed by atoms with E-state index in [4.69, 9.17) is 0 Å². The van der Waals surface area contributed by atoms with Crippen molar-refractivity contribution in [2.24, 2.45) is 0 Å². The highest BCUT2D eigenvalue weighted by molar-refractivity contribution is 7.09. The third-order valence-corrected chi connectivity index (χ3v) is 4.68. The molecule has 0 saturated carbocycles. The Morgan fingerprint density at radius 3 is 2.83 bits per heavy atom. The summed E-state index contributed by atoms with van der Waals surface area (Å²) in [7, 11) is 2.05. The summed E-state index contributed by atoms with van der Waals surface area (Å²) in [4.78, 5) is 15.4. The summed E-state index contributed by atoms with van der Waals surface area (Å²) in [5.41, 5.74) is 1.96. The van der Waals surface area contributed by atoms with Crippen molar-refractivity contribution in [3.05, 3.63) is 59.3 Å². The minimum Gasteiger partial charge on any atom is -0.359 e. The Bertz CT molecular complexity index is 932. The van der Waals surface area contributed by atoms with Gasteiger partial charge in [0.1, 0.15) is 12.1 Å². The third kappa shape index (κ3) is 2.85. The lowest BCUT2D eigenvalue weighted by Gasteiger charge is -2.19. The van der Waals surface area contributed by atoms with Crippen LogP contribution in [-0.4, -0.2) is 38.2 Å². The molecular formula is C17H16N6S. The molecule has 0 atom stereocenters. The number of fused-ring (bicyclic) bond motifs is 1. The molecule has 0 aliphatic heterocycles. The van der Waals surface area contributed by atoms with Crippen molar-refractivity contribution in [2.75, 3.05) is 18.5 Å². The van der Waals surface area contributed by atoms with Crippen LogP contribution in [0.1, 0.15) is 5.01 Å². The standard InChI is InChI=1S/C17H16N6S/c1-22(9-7-15-18-8-10-24-15)16-11-14(13-5-3-2-4-6-13)21-17-19-12-20-23(16)17/h2-6,8,10-12H,7,9H2,1H3. The van der Waals surface area contributed by atoms with Crippen molar-refractivity contribution in [2.45, 2.75) is 6.42 Å². The highest BCUT2D eigenvalue weighted by Gasteiger charge is 2.13. The number of thiazole rings is 1. The second-order valence-electron chi connectivity index (χ2n) is 5.43. The molecule has 0 N–H and O–H groups in total. The van der Waals surface area contributed by atoms with Crippen molar-refractivity contribution in [1.29, 1.82) is 0 Å². The fraction of sp³-hybridized carbons (Fsp3) is 0.176. The minimum absolute atomic E-state index is 0.604. The van der Waals surface area contributed by atoms with Gasteiger partial charge in [-0.05, 0) is 0 Å². The van der Waals surface area contributed by atoms with Crippen LogP contribution in [0.5, 0.6) is 0 Å². The van der Waals surface area contributed by atoms with Gasteiger partial charge in [-0.3, -0.25) is 0 Å². The van der Waals surface area contributed by atoms with Crippen LogP contribution in [0, 0.1) is 0 Å². The molecule has 0 spiro atoms. The van der Waals surface area contributed by atoms with Gasteiger partial charge < -0.3 is 4.90 Å². The second kappa shape index (κ2) is 6.37. The molecular weight excluding hydrogens is 320 g/mol. The van der Waals surface area contributed by atoms with Crippen molar-refractivity contribution in [1.82, 2.24) is 24.6 Å². The van der Waals surface area contributed by atoms with Crippen molar-refractivity contribution < 1.29 is 0 Å². The van der Waals surface area contributed by atoms with Crippen LogP contribution >= 0.6 is 11.3 Å². The molecule has 1 aromatic carbocycles. The first-order valence-corrected chi connectivity index (χ1v) is 8.55. The monoisotopic (exact) mass is 336 g/mol. The molecule has 0 saturated heterocycles. The maximum atomic E-state index is 4.61. The van der Waals surface area contributed by atoms with Crippen LogP contribution < -0.4 is 4.90 Å². The Labute approximate surface area is 143 Å². The summed E-state index contributed by atoms with van der Waals surface area (Å²) >= 11 is 1.68. The summed E-state index contributed by atoms with van der Waals surface area (Å²) < 4.78 is 1.77. The first-order chi connectivity index (χ1) is 11.8. The summed E-state index contributed by atoms with van der Waals surface area (Å²) in [6, 6.07) is 12.2. The molecule has 0 radical (unpaired) electrons. The van der Waals surface area contributed by atoms with E-state index >= 15 is 0 Å². The van der Waals surface area contributed by atoms with E-state index < -0.39 is 0 Å². The summed E-state index contributed by atoms with van der Waals surface area (Å²) in [6.45, 7) is 0.848. The SMILES string of the molecule is CN(CCc1nccs1)c1cc(-c2ccccc2)nc2ncnn12. The van der Waals surface area contributed by atoms with E-state index in [0.29, 0.717) is 5.78 Å². The molecule has 0 fully saturated rings. The summed E-state index contributed by atoms with van der Waals surface area (Å²) in [5, 5.41) is 7.45. The highest BCUT2D eigenvalue weighted by Crippen LogP contribution is 2.23. The molecule has 0 unspecified atom stereocenters. The van der Waals surface area contributed by atoms with Crippen LogP contribution in [0.15, 0.2) is 54.3 Å². The number of benzene rings is 1. The second-order valence-corrected chi connectivity index (χ2v) is 6.41. The van der Waals surface area contributed by atoms with Crippen LogP contribution in [0.3, 0.4) is 0 Å². The number of hydrogen-bond acceptors (Lipinski definition) is 6. The number of hydrogen-bond donors (Lipinski definition) is 0. The number of nitrogens with zero attached hydrogens (tertiary/aromatic N) is 6. The third-order valence-electron chi connectivity index (χ3n) is 3.84. The topological polar surface area (TPSA) is 59.2 Å². The van der Waals surface area contributed by atoms with Gasteiger partial charge in [0.25, 0.3) is 5.78 Å². The van der Waals surface area contributed by atoms with Gasteiger partial charge in [0.15, 0.2) is 0 Å². The fourth-order valence-corrected chi connectivity index (χ4v) is 3.19. The molecule has 4 aromatic rings. The van der Waals surface area contributed by atoms with Gasteiger partial charge in [0.05, 0.1) is 10.7 Å². The van der Waals surface area contributed by atoms with Crippen LogP contribution in [0.25, 0.3) is 17.0 Å². The Morgan fingerprint density at radius 1 is 1.17 bits per heavy atom. The molecule has 0 bridgehead atoms. The van der Waals surface area contributed by atoms with Gasteiger partial charge in [0.2, 0.25) is 0 Å². The average molecular weight is 336 g/mol. The van der Waals surface area contributed by atoms with Crippen molar-refractivity contribution in [3.63, 3.8) is 0 Å². The largest absolute Gasteiger partial charge is 0.359 e. The van der Waals surface area contributed by atoms with E-state index in [1.54, 1.807) is 15.9 Å². The van der Waals surface area contributed by atoms with E-state index in [0.717, 1.165) is 35.0 Å². The Morgan fingerprint density at radius 2 is 2.04 bits per heavy atom. The number of anilines is 1. The molecule has 7 heteroatoms. The predicted molar refractivity (Wildman–Crippen MR) is 95.3 cm³/mol. The van der Waals surface area contributed by atoms with Gasteiger partial charge in [-0.1, -0.05) is 30.3 Å². The van der Waals surface area contributed by atoms with E-state index in [1.165, 1.54) is 6.33 Å². The fourth-order valence-electron chi connectivity index (χ4n) is 2.58. The zero-order valence-electron chi connectivity index (χ0n) is 13.2. The Kier molecular flexibility index (Phi) is 3.92. The Balaban J connectivity index is 1.69. The van der Waals surface area contributed by atoms with Crippen molar-refractivity contribution >= 4 is 22.9 Å². The lowest BCUT2D eigenvalue weighted by atomic mass is 10.1. The van der Waals surface area contributed by atoms with E-state index in [2.05, 4.69) is 50.2 Å². The molecule has 3 heterocycles. The summed E-state index contributed by atoms with van der Waals surface area (Å²) in [6.07, 6.45) is 4.28.